The fourth-order valence-corrected chi connectivity index (χ4v) is 3.45. The molecule has 0 aliphatic carbocycles. The van der Waals surface area contributed by atoms with Crippen LogP contribution in [0.2, 0.25) is 0 Å². The number of anilines is 1. The molecule has 0 atom stereocenters. The lowest BCUT2D eigenvalue weighted by Gasteiger charge is -2.31. The van der Waals surface area contributed by atoms with E-state index in [0.717, 1.165) is 0 Å². The number of nitrogens with zero attached hydrogens (tertiary/aromatic N) is 2. The van der Waals surface area contributed by atoms with Crippen molar-refractivity contribution in [2.75, 3.05) is 24.2 Å². The minimum Gasteiger partial charge on any atom is -0.325 e. The summed E-state index contributed by atoms with van der Waals surface area (Å²) >= 11 is 0. The Balaban J connectivity index is 1.85. The molecule has 0 saturated carbocycles. The third-order valence-electron chi connectivity index (χ3n) is 3.64. The van der Waals surface area contributed by atoms with Gasteiger partial charge in [0.1, 0.15) is 0 Å². The molecule has 8 heteroatoms. The fraction of sp³-hybridized carbons (Fsp3) is 0.429. The lowest BCUT2D eigenvalue weighted by molar-refractivity contribution is 0.187. The third-order valence-corrected chi connectivity index (χ3v) is 4.57. The number of hydrogen-bond acceptors (Lipinski definition) is 4. The van der Waals surface area contributed by atoms with E-state index in [1.165, 1.54) is 0 Å². The molecule has 118 valence electrons. The summed E-state index contributed by atoms with van der Waals surface area (Å²) in [5.41, 5.74) is 1.15. The van der Waals surface area contributed by atoms with E-state index in [0.29, 0.717) is 37.2 Å². The molecule has 0 unspecified atom stereocenters. The number of likely N-dealkylation sites (tertiary alicyclic amines) is 1. The zero-order valence-electron chi connectivity index (χ0n) is 12.0. The van der Waals surface area contributed by atoms with Crippen LogP contribution in [0.5, 0.6) is 0 Å². The van der Waals surface area contributed by atoms with Gasteiger partial charge in [0.15, 0.2) is 0 Å². The molecule has 1 aliphatic heterocycles. The molecule has 0 spiro atoms. The summed E-state index contributed by atoms with van der Waals surface area (Å²) in [7, 11) is -3.46. The second-order valence-electron chi connectivity index (χ2n) is 5.38. The number of nitriles is 1. The third kappa shape index (κ3) is 4.72. The average molecular weight is 322 g/mol. The van der Waals surface area contributed by atoms with Gasteiger partial charge in [-0.25, -0.2) is 18.4 Å². The number of piperidine rings is 1. The Morgan fingerprint density at radius 3 is 2.41 bits per heavy atom. The van der Waals surface area contributed by atoms with Crippen LogP contribution in [0.3, 0.4) is 0 Å². The molecule has 1 aromatic rings. The molecule has 1 fully saturated rings. The maximum absolute atomic E-state index is 12.1. The number of hydrogen-bond donors (Lipinski definition) is 2. The number of sulfonamides is 1. The molecule has 1 aliphatic rings. The van der Waals surface area contributed by atoms with Gasteiger partial charge in [-0.2, -0.15) is 5.26 Å². The van der Waals surface area contributed by atoms with E-state index in [9.17, 15) is 13.2 Å². The minimum absolute atomic E-state index is 0.00830. The Morgan fingerprint density at radius 1 is 1.32 bits per heavy atom. The van der Waals surface area contributed by atoms with Gasteiger partial charge in [0.05, 0.1) is 17.4 Å². The van der Waals surface area contributed by atoms with E-state index in [-0.39, 0.29) is 17.7 Å². The van der Waals surface area contributed by atoms with Crippen molar-refractivity contribution in [3.05, 3.63) is 29.8 Å². The Hall–Kier alpha value is -2.11. The first-order valence-electron chi connectivity index (χ1n) is 6.94. The molecule has 7 nitrogen and oxygen atoms in total. The zero-order valence-corrected chi connectivity index (χ0v) is 12.8. The van der Waals surface area contributed by atoms with Crippen molar-refractivity contribution in [1.82, 2.24) is 4.90 Å². The highest BCUT2D eigenvalue weighted by molar-refractivity contribution is 7.89. The second kappa shape index (κ2) is 6.77. The molecule has 2 rings (SSSR count). The van der Waals surface area contributed by atoms with Crippen LogP contribution in [-0.2, 0) is 10.0 Å². The molecule has 0 bridgehead atoms. The number of nitrogens with two attached hydrogens (primary N) is 1. The molecule has 1 heterocycles. The molecule has 1 aromatic carbocycles. The Bertz CT molecular complexity index is 671. The normalized spacial score (nSPS) is 16.1. The highest BCUT2D eigenvalue weighted by Gasteiger charge is 2.25. The zero-order chi connectivity index (χ0) is 16.2. The SMILES string of the molecule is N#Cc1ccc(NC(=O)N2CCC(CS(N)(=O)=O)CC2)cc1. The number of carbonyl (C=O) groups excluding carboxylic acids is 1. The van der Waals surface area contributed by atoms with Crippen LogP contribution in [0.1, 0.15) is 18.4 Å². The maximum atomic E-state index is 12.1. The number of urea groups is 1. The van der Waals surface area contributed by atoms with Gasteiger partial charge in [-0.15, -0.1) is 0 Å². The van der Waals surface area contributed by atoms with E-state index < -0.39 is 10.0 Å². The minimum atomic E-state index is -3.46. The lowest BCUT2D eigenvalue weighted by Crippen LogP contribution is -2.42. The van der Waals surface area contributed by atoms with Gasteiger partial charge in [-0.3, -0.25) is 0 Å². The smallest absolute Gasteiger partial charge is 0.321 e. The van der Waals surface area contributed by atoms with Crippen LogP contribution in [0.15, 0.2) is 24.3 Å². The Labute approximate surface area is 129 Å². The van der Waals surface area contributed by atoms with Crippen LogP contribution in [-0.4, -0.2) is 38.2 Å². The van der Waals surface area contributed by atoms with Crippen LogP contribution < -0.4 is 10.5 Å². The molecule has 0 radical (unpaired) electrons. The Kier molecular flexibility index (Phi) is 5.00. The van der Waals surface area contributed by atoms with Crippen molar-refractivity contribution < 1.29 is 13.2 Å². The van der Waals surface area contributed by atoms with Crippen molar-refractivity contribution in [2.24, 2.45) is 11.1 Å². The summed E-state index contributed by atoms with van der Waals surface area (Å²) in [6, 6.07) is 8.40. The monoisotopic (exact) mass is 322 g/mol. The molecule has 3 N–H and O–H groups in total. The quantitative estimate of drug-likeness (QED) is 0.866. The van der Waals surface area contributed by atoms with Gasteiger partial charge >= 0.3 is 6.03 Å². The summed E-state index contributed by atoms with van der Waals surface area (Å²) in [6.07, 6.45) is 1.24. The first kappa shape index (κ1) is 16.3. The number of primary sulfonamides is 1. The number of amides is 2. The Morgan fingerprint density at radius 2 is 1.91 bits per heavy atom. The van der Waals surface area contributed by atoms with E-state index in [1.807, 2.05) is 6.07 Å². The summed E-state index contributed by atoms with van der Waals surface area (Å²) in [5.74, 6) is -0.0214. The van der Waals surface area contributed by atoms with Gasteiger partial charge in [-0.05, 0) is 43.0 Å². The summed E-state index contributed by atoms with van der Waals surface area (Å²) < 4.78 is 22.1. The molecule has 22 heavy (non-hydrogen) atoms. The average Bonchev–Trinajstić information content (AvgIpc) is 2.47. The number of carbonyl (C=O) groups is 1. The highest BCUT2D eigenvalue weighted by Crippen LogP contribution is 2.19. The van der Waals surface area contributed by atoms with Crippen molar-refractivity contribution in [1.29, 1.82) is 5.26 Å². The molecular formula is C14H18N4O3S. The maximum Gasteiger partial charge on any atom is 0.321 e. The van der Waals surface area contributed by atoms with E-state index >= 15 is 0 Å². The lowest BCUT2D eigenvalue weighted by atomic mass is 9.99. The number of benzene rings is 1. The van der Waals surface area contributed by atoms with Crippen LogP contribution in [0.25, 0.3) is 0 Å². The van der Waals surface area contributed by atoms with E-state index in [1.54, 1.807) is 29.2 Å². The van der Waals surface area contributed by atoms with Crippen LogP contribution in [0.4, 0.5) is 10.5 Å². The highest BCUT2D eigenvalue weighted by atomic mass is 32.2. The van der Waals surface area contributed by atoms with Crippen molar-refractivity contribution in [2.45, 2.75) is 12.8 Å². The predicted molar refractivity (Wildman–Crippen MR) is 82.4 cm³/mol. The topological polar surface area (TPSA) is 116 Å². The predicted octanol–water partition coefficient (Wildman–Crippen LogP) is 1.09. The van der Waals surface area contributed by atoms with Crippen molar-refractivity contribution >= 4 is 21.7 Å². The standard InChI is InChI=1S/C14H18N4O3S/c15-9-11-1-3-13(4-2-11)17-14(19)18-7-5-12(6-8-18)10-22(16,20)21/h1-4,12H,5-8,10H2,(H,17,19)(H2,16,20,21). The van der Waals surface area contributed by atoms with Crippen LogP contribution >= 0.6 is 0 Å². The number of rotatable bonds is 3. The van der Waals surface area contributed by atoms with Gasteiger partial charge in [0, 0.05) is 18.8 Å². The van der Waals surface area contributed by atoms with Gasteiger partial charge in [-0.1, -0.05) is 0 Å². The van der Waals surface area contributed by atoms with Gasteiger partial charge < -0.3 is 10.2 Å². The van der Waals surface area contributed by atoms with Gasteiger partial charge in [0.2, 0.25) is 10.0 Å². The molecular weight excluding hydrogens is 304 g/mol. The first-order chi connectivity index (χ1) is 10.4. The van der Waals surface area contributed by atoms with Gasteiger partial charge in [0.25, 0.3) is 0 Å². The number of nitrogens with one attached hydrogen (secondary N) is 1. The van der Waals surface area contributed by atoms with E-state index in [2.05, 4.69) is 5.32 Å². The molecule has 1 saturated heterocycles. The summed E-state index contributed by atoms with van der Waals surface area (Å²) in [6.45, 7) is 1.00. The van der Waals surface area contributed by atoms with E-state index in [4.69, 9.17) is 10.4 Å². The molecule has 2 amide bonds. The first-order valence-corrected chi connectivity index (χ1v) is 8.65. The second-order valence-corrected chi connectivity index (χ2v) is 7.04. The molecule has 0 aromatic heterocycles. The summed E-state index contributed by atoms with van der Waals surface area (Å²) in [5, 5.41) is 16.5. The fourth-order valence-electron chi connectivity index (χ4n) is 2.46. The van der Waals surface area contributed by atoms with Crippen LogP contribution in [0, 0.1) is 17.2 Å². The van der Waals surface area contributed by atoms with Crippen molar-refractivity contribution in [3.63, 3.8) is 0 Å². The largest absolute Gasteiger partial charge is 0.325 e. The summed E-state index contributed by atoms with van der Waals surface area (Å²) in [4.78, 5) is 13.8. The van der Waals surface area contributed by atoms with Crippen molar-refractivity contribution in [3.8, 4) is 6.07 Å².